The molecule has 3 aromatic heterocycles. The van der Waals surface area contributed by atoms with Crippen molar-refractivity contribution in [2.24, 2.45) is 0 Å². The summed E-state index contributed by atoms with van der Waals surface area (Å²) in [6.07, 6.45) is 2.58. The van der Waals surface area contributed by atoms with Crippen LogP contribution in [0.1, 0.15) is 6.23 Å². The number of aliphatic hydroxyl groups is 1. The second-order valence-corrected chi connectivity index (χ2v) is 6.96. The van der Waals surface area contributed by atoms with Gasteiger partial charge >= 0.3 is 29.6 Å². The fraction of sp³-hybridized carbons (Fsp3) is 0.417. The maximum absolute atomic E-state index is 11.4. The molecule has 2 aliphatic rings. The van der Waals surface area contributed by atoms with Crippen molar-refractivity contribution >= 4 is 24.6 Å². The first kappa shape index (κ1) is 17.5. The van der Waals surface area contributed by atoms with E-state index in [4.69, 9.17) is 9.26 Å². The van der Waals surface area contributed by atoms with Crippen LogP contribution in [-0.4, -0.2) is 53.9 Å². The Morgan fingerprint density at radius 1 is 1.28 bits per heavy atom. The molecule has 0 aromatic carbocycles. The third-order valence-corrected chi connectivity index (χ3v) is 5.15. The van der Waals surface area contributed by atoms with Gasteiger partial charge in [-0.2, -0.15) is 0 Å². The fourth-order valence-corrected chi connectivity index (χ4v) is 4.04. The topological polar surface area (TPSA) is 136 Å². The Labute approximate surface area is 162 Å². The molecule has 1 unspecified atom stereocenters. The van der Waals surface area contributed by atoms with Crippen LogP contribution in [0.2, 0.25) is 0 Å². The molecular formula is C12H11N5NaO6P. The summed E-state index contributed by atoms with van der Waals surface area (Å²) < 4.78 is 29.9. The number of aromatic nitrogens is 5. The normalized spacial score (nSPS) is 35.0. The van der Waals surface area contributed by atoms with Crippen molar-refractivity contribution in [1.29, 1.82) is 0 Å². The average molecular weight is 375 g/mol. The van der Waals surface area contributed by atoms with Gasteiger partial charge in [0.25, 0.3) is 7.82 Å². The van der Waals surface area contributed by atoms with Crippen LogP contribution in [0.3, 0.4) is 0 Å². The summed E-state index contributed by atoms with van der Waals surface area (Å²) in [4.78, 5) is 24.2. The van der Waals surface area contributed by atoms with Crippen LogP contribution < -0.4 is 34.5 Å². The Bertz CT molecular complexity index is 993. The van der Waals surface area contributed by atoms with Gasteiger partial charge in [0, 0.05) is 12.4 Å². The molecule has 0 spiro atoms. The van der Waals surface area contributed by atoms with Crippen molar-refractivity contribution in [2.75, 3.05) is 6.61 Å². The number of aliphatic hydroxyl groups excluding tert-OH is 1. The van der Waals surface area contributed by atoms with Crippen LogP contribution in [0.4, 0.5) is 0 Å². The first-order valence-electron chi connectivity index (χ1n) is 7.15. The van der Waals surface area contributed by atoms with Crippen LogP contribution in [-0.2, 0) is 18.3 Å². The van der Waals surface area contributed by atoms with Gasteiger partial charge in [0.2, 0.25) is 0 Å². The molecule has 3 aromatic rings. The Kier molecular flexibility index (Phi) is 4.27. The average Bonchev–Trinajstić information content (AvgIpc) is 3.23. The molecular weight excluding hydrogens is 364 g/mol. The number of ether oxygens (including phenoxy) is 1. The first-order chi connectivity index (χ1) is 11.5. The van der Waals surface area contributed by atoms with Crippen LogP contribution >= 0.6 is 7.82 Å². The number of hydrogen-bond donors (Lipinski definition) is 1. The summed E-state index contributed by atoms with van der Waals surface area (Å²) in [5.41, 5.74) is 1.62. The smallest absolute Gasteiger partial charge is 0.756 e. The molecule has 5 heterocycles. The van der Waals surface area contributed by atoms with Crippen molar-refractivity contribution in [2.45, 2.75) is 24.5 Å². The van der Waals surface area contributed by atoms with Crippen LogP contribution in [0.5, 0.6) is 0 Å². The minimum atomic E-state index is -4.41. The minimum Gasteiger partial charge on any atom is -0.756 e. The molecule has 11 nitrogen and oxygen atoms in total. The maximum atomic E-state index is 11.4. The van der Waals surface area contributed by atoms with Crippen molar-refractivity contribution in [3.8, 4) is 0 Å². The summed E-state index contributed by atoms with van der Waals surface area (Å²) >= 11 is 0. The predicted octanol–water partition coefficient (Wildman–Crippen LogP) is -3.77. The van der Waals surface area contributed by atoms with Crippen LogP contribution in [0.25, 0.3) is 16.8 Å². The summed E-state index contributed by atoms with van der Waals surface area (Å²) in [7, 11) is -4.41. The van der Waals surface area contributed by atoms with Gasteiger partial charge in [0.1, 0.15) is 24.6 Å². The molecule has 5 atom stereocenters. The number of phosphoric acid groups is 1. The van der Waals surface area contributed by atoms with Gasteiger partial charge in [0.15, 0.2) is 23.0 Å². The van der Waals surface area contributed by atoms with E-state index >= 15 is 0 Å². The third kappa shape index (κ3) is 2.67. The summed E-state index contributed by atoms with van der Waals surface area (Å²) in [6, 6.07) is 0. The zero-order valence-corrected chi connectivity index (χ0v) is 15.9. The molecule has 1 N–H and O–H groups in total. The van der Waals surface area contributed by atoms with E-state index in [9.17, 15) is 14.6 Å². The zero-order valence-electron chi connectivity index (χ0n) is 13.0. The molecule has 2 aliphatic heterocycles. The van der Waals surface area contributed by atoms with E-state index in [1.54, 1.807) is 23.1 Å². The van der Waals surface area contributed by atoms with E-state index < -0.39 is 32.4 Å². The van der Waals surface area contributed by atoms with Crippen molar-refractivity contribution in [3.63, 3.8) is 0 Å². The van der Waals surface area contributed by atoms with Gasteiger partial charge in [-0.15, -0.1) is 0 Å². The van der Waals surface area contributed by atoms with E-state index in [1.165, 1.54) is 10.9 Å². The molecule has 0 saturated carbocycles. The van der Waals surface area contributed by atoms with E-state index in [-0.39, 0.29) is 36.2 Å². The van der Waals surface area contributed by atoms with E-state index in [1.807, 2.05) is 0 Å². The van der Waals surface area contributed by atoms with Gasteiger partial charge in [-0.3, -0.25) is 13.5 Å². The molecule has 25 heavy (non-hydrogen) atoms. The SMILES string of the molecule is O=P1([O-])OC[C@H]2O[C@@H](n3cnc4c3ncn3ccnc43)[C@H](O)[C@@H]2O1.[Na+]. The minimum absolute atomic E-state index is 0. The van der Waals surface area contributed by atoms with Crippen molar-refractivity contribution < 1.29 is 57.9 Å². The standard InChI is InChI=1S/C12H12N5O6P.Na/c18-8-9-6(3-21-24(19,20)23-9)22-12(8)17-5-14-7-10-13-1-2-16(10)4-15-11(7)17;/h1-2,4-6,8-9,12,18H,3H2,(H,19,20);/q;+1/p-1/t6-,8-,9-,12-;/m1./s1. The second-order valence-electron chi connectivity index (χ2n) is 5.60. The summed E-state index contributed by atoms with van der Waals surface area (Å²) in [5, 5.41) is 10.5. The number of phosphoric ester groups is 1. The monoisotopic (exact) mass is 375 g/mol. The number of hydrogen-bond acceptors (Lipinski definition) is 9. The molecule has 5 rings (SSSR count). The molecule has 13 heteroatoms. The van der Waals surface area contributed by atoms with E-state index in [2.05, 4.69) is 19.5 Å². The molecule has 0 aliphatic carbocycles. The molecule has 2 fully saturated rings. The molecule has 0 amide bonds. The third-order valence-electron chi connectivity index (χ3n) is 4.18. The van der Waals surface area contributed by atoms with E-state index in [0.29, 0.717) is 16.8 Å². The van der Waals surface area contributed by atoms with Gasteiger partial charge in [-0.25, -0.2) is 15.0 Å². The first-order valence-corrected chi connectivity index (χ1v) is 8.61. The van der Waals surface area contributed by atoms with Crippen LogP contribution in [0, 0.1) is 0 Å². The second kappa shape index (κ2) is 6.08. The van der Waals surface area contributed by atoms with Gasteiger partial charge in [-0.05, 0) is 0 Å². The van der Waals surface area contributed by atoms with Crippen molar-refractivity contribution in [3.05, 3.63) is 25.0 Å². The van der Waals surface area contributed by atoms with Crippen LogP contribution in [0.15, 0.2) is 25.0 Å². The summed E-state index contributed by atoms with van der Waals surface area (Å²) in [5.74, 6) is 0. The van der Waals surface area contributed by atoms with Gasteiger partial charge < -0.3 is 23.8 Å². The molecule has 126 valence electrons. The quantitative estimate of drug-likeness (QED) is 0.336. The Morgan fingerprint density at radius 3 is 2.96 bits per heavy atom. The van der Waals surface area contributed by atoms with Crippen molar-refractivity contribution in [1.82, 2.24) is 23.9 Å². The Balaban J connectivity index is 0.00000157. The zero-order chi connectivity index (χ0) is 16.5. The fourth-order valence-electron chi connectivity index (χ4n) is 3.09. The molecule has 0 radical (unpaired) electrons. The largest absolute Gasteiger partial charge is 1.00 e. The number of fused-ring (bicyclic) bond motifs is 4. The van der Waals surface area contributed by atoms with E-state index in [0.717, 1.165) is 0 Å². The Morgan fingerprint density at radius 2 is 2.12 bits per heavy atom. The number of rotatable bonds is 1. The number of imidazole rings is 2. The maximum Gasteiger partial charge on any atom is 1.00 e. The summed E-state index contributed by atoms with van der Waals surface area (Å²) in [6.45, 7) is -0.205. The number of nitrogens with zero attached hydrogens (tertiary/aromatic N) is 5. The predicted molar refractivity (Wildman–Crippen MR) is 74.6 cm³/mol. The Hall–Kier alpha value is -0.880. The van der Waals surface area contributed by atoms with Gasteiger partial charge in [0.05, 0.1) is 12.9 Å². The van der Waals surface area contributed by atoms with Gasteiger partial charge in [-0.1, -0.05) is 0 Å². The molecule has 2 saturated heterocycles. The molecule has 0 bridgehead atoms.